The number of anilines is 1. The summed E-state index contributed by atoms with van der Waals surface area (Å²) in [6, 6.07) is 10.1. The highest BCUT2D eigenvalue weighted by molar-refractivity contribution is 6.35. The van der Waals surface area contributed by atoms with Crippen LogP contribution in [0.2, 0.25) is 10.0 Å². The van der Waals surface area contributed by atoms with E-state index in [0.717, 1.165) is 22.8 Å². The van der Waals surface area contributed by atoms with Gasteiger partial charge in [0, 0.05) is 11.6 Å². The van der Waals surface area contributed by atoms with E-state index in [2.05, 4.69) is 37.4 Å². The lowest BCUT2D eigenvalue weighted by Crippen LogP contribution is -2.04. The lowest BCUT2D eigenvalue weighted by Gasteiger charge is -2.14. The fourth-order valence-electron chi connectivity index (χ4n) is 2.09. The first-order valence-electron chi connectivity index (χ1n) is 6.23. The summed E-state index contributed by atoms with van der Waals surface area (Å²) in [6.07, 6.45) is 0. The molecule has 0 aliphatic heterocycles. The maximum Gasteiger partial charge on any atom is 0.0641 e. The van der Waals surface area contributed by atoms with Crippen LogP contribution in [0.4, 0.5) is 5.69 Å². The molecule has 0 aliphatic rings. The summed E-state index contributed by atoms with van der Waals surface area (Å²) < 4.78 is 0. The highest BCUT2D eigenvalue weighted by atomic mass is 35.5. The summed E-state index contributed by atoms with van der Waals surface area (Å²) in [4.78, 5) is 0. The van der Waals surface area contributed by atoms with E-state index in [1.165, 1.54) is 16.7 Å². The highest BCUT2D eigenvalue weighted by Gasteiger charge is 2.06. The lowest BCUT2D eigenvalue weighted by molar-refractivity contribution is 1.09. The minimum atomic E-state index is 0.702. The third-order valence-electron chi connectivity index (χ3n) is 3.35. The monoisotopic (exact) mass is 293 g/mol. The van der Waals surface area contributed by atoms with Crippen LogP contribution in [-0.2, 0) is 6.54 Å². The second-order valence-electron chi connectivity index (χ2n) is 4.81. The lowest BCUT2D eigenvalue weighted by atomic mass is 10.0. The zero-order chi connectivity index (χ0) is 14.0. The van der Waals surface area contributed by atoms with Crippen molar-refractivity contribution in [3.05, 3.63) is 62.6 Å². The molecule has 0 amide bonds. The molecule has 0 unspecified atom stereocenters. The van der Waals surface area contributed by atoms with E-state index in [0.29, 0.717) is 5.02 Å². The largest absolute Gasteiger partial charge is 0.380 e. The molecule has 0 aliphatic carbocycles. The first kappa shape index (κ1) is 14.2. The van der Waals surface area contributed by atoms with Gasteiger partial charge in [-0.3, -0.25) is 0 Å². The minimum Gasteiger partial charge on any atom is -0.380 e. The smallest absolute Gasteiger partial charge is 0.0641 e. The number of rotatable bonds is 3. The van der Waals surface area contributed by atoms with Crippen LogP contribution in [0.25, 0.3) is 0 Å². The van der Waals surface area contributed by atoms with Crippen molar-refractivity contribution in [3.63, 3.8) is 0 Å². The summed E-state index contributed by atoms with van der Waals surface area (Å²) in [7, 11) is 0. The van der Waals surface area contributed by atoms with Crippen molar-refractivity contribution in [3.8, 4) is 0 Å². The number of benzene rings is 2. The molecule has 2 aromatic carbocycles. The SMILES string of the molecule is Cc1cc(Cl)c(NCc2c(C)cccc2C)cc1Cl. The van der Waals surface area contributed by atoms with E-state index >= 15 is 0 Å². The Morgan fingerprint density at radius 1 is 0.895 bits per heavy atom. The Balaban J connectivity index is 2.22. The molecule has 0 atom stereocenters. The molecule has 1 nitrogen and oxygen atoms in total. The van der Waals surface area contributed by atoms with E-state index < -0.39 is 0 Å². The van der Waals surface area contributed by atoms with Gasteiger partial charge in [-0.2, -0.15) is 0 Å². The summed E-state index contributed by atoms with van der Waals surface area (Å²) in [5.74, 6) is 0. The second-order valence-corrected chi connectivity index (χ2v) is 5.62. The predicted molar refractivity (Wildman–Crippen MR) is 84.4 cm³/mol. The number of hydrogen-bond acceptors (Lipinski definition) is 1. The zero-order valence-electron chi connectivity index (χ0n) is 11.3. The molecular formula is C16H17Cl2N. The molecule has 100 valence electrons. The van der Waals surface area contributed by atoms with Gasteiger partial charge < -0.3 is 5.32 Å². The molecule has 0 saturated heterocycles. The molecule has 0 bridgehead atoms. The minimum absolute atomic E-state index is 0.702. The maximum absolute atomic E-state index is 6.23. The first-order chi connectivity index (χ1) is 8.99. The van der Waals surface area contributed by atoms with Crippen molar-refractivity contribution >= 4 is 28.9 Å². The molecule has 3 heteroatoms. The van der Waals surface area contributed by atoms with Gasteiger partial charge in [0.2, 0.25) is 0 Å². The Bertz CT molecular complexity index is 586. The average Bonchev–Trinajstić information content (AvgIpc) is 2.34. The van der Waals surface area contributed by atoms with Gasteiger partial charge >= 0.3 is 0 Å². The summed E-state index contributed by atoms with van der Waals surface area (Å²) in [5.41, 5.74) is 5.73. The normalized spacial score (nSPS) is 10.6. The molecule has 19 heavy (non-hydrogen) atoms. The Morgan fingerprint density at radius 3 is 2.16 bits per heavy atom. The molecule has 0 fully saturated rings. The molecule has 0 heterocycles. The van der Waals surface area contributed by atoms with Crippen molar-refractivity contribution in [1.82, 2.24) is 0 Å². The zero-order valence-corrected chi connectivity index (χ0v) is 12.9. The van der Waals surface area contributed by atoms with Gasteiger partial charge in [0.15, 0.2) is 0 Å². The number of hydrogen-bond donors (Lipinski definition) is 1. The van der Waals surface area contributed by atoms with E-state index in [9.17, 15) is 0 Å². The topological polar surface area (TPSA) is 12.0 Å². The van der Waals surface area contributed by atoms with Gasteiger partial charge in [0.1, 0.15) is 0 Å². The molecule has 0 saturated carbocycles. The van der Waals surface area contributed by atoms with Crippen LogP contribution in [0.5, 0.6) is 0 Å². The van der Waals surface area contributed by atoms with Crippen molar-refractivity contribution in [2.24, 2.45) is 0 Å². The van der Waals surface area contributed by atoms with Crippen LogP contribution in [0.3, 0.4) is 0 Å². The van der Waals surface area contributed by atoms with E-state index in [4.69, 9.17) is 23.2 Å². The van der Waals surface area contributed by atoms with Crippen LogP contribution in [0.15, 0.2) is 30.3 Å². The average molecular weight is 294 g/mol. The summed E-state index contributed by atoms with van der Waals surface area (Å²) in [5, 5.41) is 4.79. The first-order valence-corrected chi connectivity index (χ1v) is 6.99. The second kappa shape index (κ2) is 5.85. The Hall–Kier alpha value is -1.18. The molecule has 0 spiro atoms. The van der Waals surface area contributed by atoms with E-state index in [1.807, 2.05) is 19.1 Å². The summed E-state index contributed by atoms with van der Waals surface area (Å²) >= 11 is 12.4. The Kier molecular flexibility index (Phi) is 4.38. The van der Waals surface area contributed by atoms with Gasteiger partial charge in [-0.15, -0.1) is 0 Å². The Labute approximate surface area is 124 Å². The molecule has 2 rings (SSSR count). The van der Waals surface area contributed by atoms with E-state index in [-0.39, 0.29) is 0 Å². The van der Waals surface area contributed by atoms with Crippen molar-refractivity contribution in [2.45, 2.75) is 27.3 Å². The Morgan fingerprint density at radius 2 is 1.53 bits per heavy atom. The van der Waals surface area contributed by atoms with E-state index in [1.54, 1.807) is 0 Å². The van der Waals surface area contributed by atoms with Gasteiger partial charge in [0.25, 0.3) is 0 Å². The van der Waals surface area contributed by atoms with Crippen molar-refractivity contribution in [1.29, 1.82) is 0 Å². The number of halogens is 2. The van der Waals surface area contributed by atoms with Gasteiger partial charge in [-0.25, -0.2) is 0 Å². The van der Waals surface area contributed by atoms with Crippen LogP contribution < -0.4 is 5.32 Å². The molecule has 2 aromatic rings. The van der Waals surface area contributed by atoms with Crippen LogP contribution in [0, 0.1) is 20.8 Å². The molecule has 1 N–H and O–H groups in total. The van der Waals surface area contributed by atoms with Crippen LogP contribution in [0.1, 0.15) is 22.3 Å². The van der Waals surface area contributed by atoms with Gasteiger partial charge in [-0.1, -0.05) is 41.4 Å². The van der Waals surface area contributed by atoms with Crippen LogP contribution in [-0.4, -0.2) is 0 Å². The van der Waals surface area contributed by atoms with Crippen molar-refractivity contribution in [2.75, 3.05) is 5.32 Å². The maximum atomic E-state index is 6.23. The number of aryl methyl sites for hydroxylation is 3. The fraction of sp³-hybridized carbons (Fsp3) is 0.250. The molecule has 0 aromatic heterocycles. The molecule has 0 radical (unpaired) electrons. The molecular weight excluding hydrogens is 277 g/mol. The summed E-state index contributed by atoms with van der Waals surface area (Å²) in [6.45, 7) is 6.93. The predicted octanol–water partition coefficient (Wildman–Crippen LogP) is 5.53. The standard InChI is InChI=1S/C16H17Cl2N/c1-10-5-4-6-11(2)13(10)9-19-16-8-14(17)12(3)7-15(16)18/h4-8,19H,9H2,1-3H3. The third kappa shape index (κ3) is 3.23. The fourth-order valence-corrected chi connectivity index (χ4v) is 2.54. The quantitative estimate of drug-likeness (QED) is 0.784. The third-order valence-corrected chi connectivity index (χ3v) is 4.07. The van der Waals surface area contributed by atoms with Gasteiger partial charge in [-0.05, 0) is 55.2 Å². The van der Waals surface area contributed by atoms with Crippen molar-refractivity contribution < 1.29 is 0 Å². The van der Waals surface area contributed by atoms with Gasteiger partial charge in [0.05, 0.1) is 10.7 Å². The number of nitrogens with one attached hydrogen (secondary N) is 1. The highest BCUT2D eigenvalue weighted by Crippen LogP contribution is 2.29. The van der Waals surface area contributed by atoms with Crippen LogP contribution >= 0.6 is 23.2 Å².